The monoisotopic (exact) mass is 462 g/mol. The van der Waals surface area contributed by atoms with Gasteiger partial charge in [0.25, 0.3) is 0 Å². The van der Waals surface area contributed by atoms with Gasteiger partial charge in [0.2, 0.25) is 0 Å². The highest BCUT2D eigenvalue weighted by Crippen LogP contribution is 2.40. The van der Waals surface area contributed by atoms with Crippen LogP contribution in [0.5, 0.6) is 11.5 Å². The van der Waals surface area contributed by atoms with Crippen LogP contribution >= 0.6 is 45.2 Å². The summed E-state index contributed by atoms with van der Waals surface area (Å²) in [5.41, 5.74) is 0.753. The fraction of sp³-hybridized carbons (Fsp3) is 0.364. The highest BCUT2D eigenvalue weighted by Gasteiger charge is 2.20. The van der Waals surface area contributed by atoms with Gasteiger partial charge < -0.3 is 14.6 Å². The Labute approximate surface area is 127 Å². The number of benzene rings is 1. The maximum absolute atomic E-state index is 11.0. The molecular weight excluding hydrogens is 450 g/mol. The Morgan fingerprint density at radius 3 is 2.41 bits per heavy atom. The standard InChI is InChI=1S/C11H12I2O4/c1-5(14)7-4-8(12)10(17-6(2)15)11(16-3)9(7)13/h4-5,14H,1-3H3. The van der Waals surface area contributed by atoms with Crippen molar-refractivity contribution in [3.8, 4) is 11.5 Å². The first-order chi connectivity index (χ1) is 7.88. The Bertz CT molecular complexity index is 444. The first-order valence-electron chi connectivity index (χ1n) is 4.80. The third-order valence-electron chi connectivity index (χ3n) is 2.06. The predicted octanol–water partition coefficient (Wildman–Crippen LogP) is 2.88. The first-order valence-corrected chi connectivity index (χ1v) is 6.96. The molecule has 1 atom stereocenters. The van der Waals surface area contributed by atoms with Crippen molar-refractivity contribution in [1.29, 1.82) is 0 Å². The van der Waals surface area contributed by atoms with E-state index in [4.69, 9.17) is 9.47 Å². The summed E-state index contributed by atoms with van der Waals surface area (Å²) < 4.78 is 11.8. The third-order valence-corrected chi connectivity index (χ3v) is 3.97. The number of carbonyl (C=O) groups is 1. The Morgan fingerprint density at radius 1 is 1.41 bits per heavy atom. The molecule has 0 aliphatic heterocycles. The van der Waals surface area contributed by atoms with Crippen LogP contribution in [0, 0.1) is 7.14 Å². The fourth-order valence-corrected chi connectivity index (χ4v) is 3.09. The smallest absolute Gasteiger partial charge is 0.308 e. The van der Waals surface area contributed by atoms with Gasteiger partial charge in [0.15, 0.2) is 11.5 Å². The predicted molar refractivity (Wildman–Crippen MR) is 80.4 cm³/mol. The molecule has 0 fully saturated rings. The molecule has 17 heavy (non-hydrogen) atoms. The number of hydrogen-bond donors (Lipinski definition) is 1. The van der Waals surface area contributed by atoms with Gasteiger partial charge in [0.05, 0.1) is 20.4 Å². The quantitative estimate of drug-likeness (QED) is 0.427. The van der Waals surface area contributed by atoms with Gasteiger partial charge in [-0.15, -0.1) is 0 Å². The van der Waals surface area contributed by atoms with Crippen LogP contribution in [0.3, 0.4) is 0 Å². The topological polar surface area (TPSA) is 55.8 Å². The molecule has 1 N–H and O–H groups in total. The summed E-state index contributed by atoms with van der Waals surface area (Å²) in [4.78, 5) is 11.0. The molecule has 6 heteroatoms. The minimum Gasteiger partial charge on any atom is -0.492 e. The highest BCUT2D eigenvalue weighted by molar-refractivity contribution is 14.1. The third kappa shape index (κ3) is 3.44. The zero-order valence-corrected chi connectivity index (χ0v) is 13.9. The molecule has 0 saturated heterocycles. The Kier molecular flexibility index (Phi) is 5.45. The molecule has 0 bridgehead atoms. The van der Waals surface area contributed by atoms with Gasteiger partial charge in [0.1, 0.15) is 0 Å². The average molecular weight is 462 g/mol. The molecule has 0 saturated carbocycles. The molecule has 1 unspecified atom stereocenters. The lowest BCUT2D eigenvalue weighted by molar-refractivity contribution is -0.132. The van der Waals surface area contributed by atoms with Crippen molar-refractivity contribution < 1.29 is 19.4 Å². The molecule has 0 radical (unpaired) electrons. The van der Waals surface area contributed by atoms with Gasteiger partial charge in [-0.05, 0) is 63.7 Å². The van der Waals surface area contributed by atoms with Crippen molar-refractivity contribution in [3.05, 3.63) is 18.8 Å². The van der Waals surface area contributed by atoms with E-state index in [0.717, 1.165) is 12.7 Å². The van der Waals surface area contributed by atoms with E-state index in [1.165, 1.54) is 14.0 Å². The van der Waals surface area contributed by atoms with Crippen molar-refractivity contribution in [3.63, 3.8) is 0 Å². The van der Waals surface area contributed by atoms with Gasteiger partial charge >= 0.3 is 5.97 Å². The number of esters is 1. The van der Waals surface area contributed by atoms with Gasteiger partial charge in [-0.3, -0.25) is 4.79 Å². The minimum atomic E-state index is -0.601. The van der Waals surface area contributed by atoms with Crippen LogP contribution in [0.1, 0.15) is 25.5 Å². The number of methoxy groups -OCH3 is 1. The zero-order valence-electron chi connectivity index (χ0n) is 9.58. The van der Waals surface area contributed by atoms with E-state index < -0.39 is 12.1 Å². The Morgan fingerprint density at radius 2 is 2.00 bits per heavy atom. The van der Waals surface area contributed by atoms with Crippen molar-refractivity contribution in [2.45, 2.75) is 20.0 Å². The van der Waals surface area contributed by atoms with Gasteiger partial charge in [-0.1, -0.05) is 0 Å². The molecule has 4 nitrogen and oxygen atoms in total. The number of aliphatic hydroxyl groups excluding tert-OH is 1. The molecule has 0 spiro atoms. The van der Waals surface area contributed by atoms with Crippen LogP contribution in [-0.4, -0.2) is 18.2 Å². The van der Waals surface area contributed by atoms with E-state index in [9.17, 15) is 9.90 Å². The van der Waals surface area contributed by atoms with Crippen molar-refractivity contribution in [2.75, 3.05) is 7.11 Å². The van der Waals surface area contributed by atoms with Gasteiger partial charge in [-0.25, -0.2) is 0 Å². The van der Waals surface area contributed by atoms with Crippen LogP contribution in [0.15, 0.2) is 6.07 Å². The molecule has 0 heterocycles. The summed E-state index contributed by atoms with van der Waals surface area (Å²) in [6.45, 7) is 3.02. The number of halogens is 2. The first kappa shape index (κ1) is 15.0. The van der Waals surface area contributed by atoms with Crippen LogP contribution in [0.25, 0.3) is 0 Å². The maximum atomic E-state index is 11.0. The molecule has 0 aliphatic carbocycles. The molecule has 0 amide bonds. The van der Waals surface area contributed by atoms with Crippen molar-refractivity contribution in [1.82, 2.24) is 0 Å². The lowest BCUT2D eigenvalue weighted by Crippen LogP contribution is -2.08. The largest absolute Gasteiger partial charge is 0.492 e. The lowest BCUT2D eigenvalue weighted by atomic mass is 10.1. The Hall–Kier alpha value is -0.0900. The highest BCUT2D eigenvalue weighted by atomic mass is 127. The molecule has 94 valence electrons. The van der Waals surface area contributed by atoms with Gasteiger partial charge in [0, 0.05) is 6.92 Å². The number of aliphatic hydroxyl groups is 1. The number of ether oxygens (including phenoxy) is 2. The zero-order chi connectivity index (χ0) is 13.2. The van der Waals surface area contributed by atoms with Gasteiger partial charge in [-0.2, -0.15) is 0 Å². The molecule has 0 aromatic heterocycles. The number of carbonyl (C=O) groups excluding carboxylic acids is 1. The summed E-state index contributed by atoms with van der Waals surface area (Å²) in [6, 6.07) is 1.79. The van der Waals surface area contributed by atoms with Crippen molar-refractivity contribution in [2.24, 2.45) is 0 Å². The van der Waals surface area contributed by atoms with E-state index in [-0.39, 0.29) is 0 Å². The normalized spacial score (nSPS) is 12.1. The molecule has 1 aromatic rings. The van der Waals surface area contributed by atoms with E-state index in [1.807, 2.05) is 22.6 Å². The van der Waals surface area contributed by atoms with Crippen LogP contribution in [0.2, 0.25) is 0 Å². The Balaban J connectivity index is 3.42. The molecule has 1 rings (SSSR count). The minimum absolute atomic E-state index is 0.398. The average Bonchev–Trinajstić information content (AvgIpc) is 2.22. The second-order valence-corrected chi connectivity index (χ2v) is 5.63. The number of hydrogen-bond acceptors (Lipinski definition) is 4. The molecular formula is C11H12I2O4. The van der Waals surface area contributed by atoms with E-state index in [0.29, 0.717) is 11.5 Å². The number of rotatable bonds is 3. The van der Waals surface area contributed by atoms with Crippen LogP contribution < -0.4 is 9.47 Å². The van der Waals surface area contributed by atoms with Crippen molar-refractivity contribution >= 4 is 51.2 Å². The van der Waals surface area contributed by atoms with E-state index >= 15 is 0 Å². The lowest BCUT2D eigenvalue weighted by Gasteiger charge is -2.16. The summed E-state index contributed by atoms with van der Waals surface area (Å²) in [7, 11) is 1.51. The van der Waals surface area contributed by atoms with Crippen LogP contribution in [-0.2, 0) is 4.79 Å². The van der Waals surface area contributed by atoms with Crippen LogP contribution in [0.4, 0.5) is 0 Å². The summed E-state index contributed by atoms with van der Waals surface area (Å²) in [6.07, 6.45) is -0.601. The maximum Gasteiger partial charge on any atom is 0.308 e. The molecule has 0 aliphatic rings. The SMILES string of the molecule is COc1c(I)c(C(C)O)cc(I)c1OC(C)=O. The second-order valence-electron chi connectivity index (χ2n) is 3.39. The molecule has 1 aromatic carbocycles. The summed E-state index contributed by atoms with van der Waals surface area (Å²) in [5.74, 6) is 0.472. The van der Waals surface area contributed by atoms with E-state index in [2.05, 4.69) is 22.6 Å². The summed E-state index contributed by atoms with van der Waals surface area (Å²) >= 11 is 4.11. The second kappa shape index (κ2) is 6.19. The fourth-order valence-electron chi connectivity index (χ4n) is 1.33. The van der Waals surface area contributed by atoms with E-state index in [1.54, 1.807) is 13.0 Å². The summed E-state index contributed by atoms with van der Waals surface area (Å²) in [5, 5.41) is 9.65.